The number of thioether (sulfide) groups is 1. The molecule has 0 aliphatic rings. The Labute approximate surface area is 167 Å². The van der Waals surface area contributed by atoms with Gasteiger partial charge in [0.15, 0.2) is 11.0 Å². The van der Waals surface area contributed by atoms with Gasteiger partial charge in [0.05, 0.1) is 17.7 Å². The van der Waals surface area contributed by atoms with Gasteiger partial charge in [0.2, 0.25) is 0 Å². The quantitative estimate of drug-likeness (QED) is 0.376. The maximum absolute atomic E-state index is 8.73. The molecule has 1 aromatic heterocycles. The first kappa shape index (κ1) is 19.3. The lowest BCUT2D eigenvalue weighted by molar-refractivity contribution is 0.340. The van der Waals surface area contributed by atoms with E-state index in [2.05, 4.69) is 16.3 Å². The van der Waals surface area contributed by atoms with E-state index in [9.17, 15) is 0 Å². The summed E-state index contributed by atoms with van der Waals surface area (Å²) < 4.78 is 7.53. The molecule has 0 N–H and O–H groups in total. The summed E-state index contributed by atoms with van der Waals surface area (Å²) >= 11 is 7.98. The van der Waals surface area contributed by atoms with Gasteiger partial charge in [-0.3, -0.25) is 4.57 Å². The van der Waals surface area contributed by atoms with Gasteiger partial charge < -0.3 is 4.74 Å². The Morgan fingerprint density at radius 1 is 1.15 bits per heavy atom. The van der Waals surface area contributed by atoms with Gasteiger partial charge in [0.1, 0.15) is 5.75 Å². The normalized spacial score (nSPS) is 10.6. The molecule has 0 radical (unpaired) electrons. The minimum absolute atomic E-state index is 0.529. The van der Waals surface area contributed by atoms with Crippen LogP contribution in [0.15, 0.2) is 53.7 Å². The summed E-state index contributed by atoms with van der Waals surface area (Å²) in [5.74, 6) is 2.30. The zero-order valence-corrected chi connectivity index (χ0v) is 16.5. The average Bonchev–Trinajstić information content (AvgIpc) is 3.10. The fourth-order valence-corrected chi connectivity index (χ4v) is 3.70. The van der Waals surface area contributed by atoms with Crippen LogP contribution in [0, 0.1) is 11.3 Å². The van der Waals surface area contributed by atoms with Crippen molar-refractivity contribution in [2.24, 2.45) is 0 Å². The van der Waals surface area contributed by atoms with Crippen molar-refractivity contribution < 1.29 is 4.74 Å². The third-order valence-corrected chi connectivity index (χ3v) is 5.16. The maximum atomic E-state index is 8.73. The second-order valence-electron chi connectivity index (χ2n) is 5.66. The largest absolute Gasteiger partial charge is 0.494 e. The monoisotopic (exact) mass is 398 g/mol. The lowest BCUT2D eigenvalue weighted by Crippen LogP contribution is -2.01. The Morgan fingerprint density at radius 3 is 2.63 bits per heavy atom. The van der Waals surface area contributed by atoms with Gasteiger partial charge in [-0.05, 0) is 49.7 Å². The van der Waals surface area contributed by atoms with E-state index in [0.717, 1.165) is 34.3 Å². The molecule has 0 spiro atoms. The molecule has 0 bridgehead atoms. The highest BCUT2D eigenvalue weighted by atomic mass is 35.5. The molecule has 0 aliphatic carbocycles. The second-order valence-corrected chi connectivity index (χ2v) is 7.13. The van der Waals surface area contributed by atoms with Crippen LogP contribution in [0.3, 0.4) is 0 Å². The van der Waals surface area contributed by atoms with Crippen LogP contribution in [-0.2, 0) is 0 Å². The molecule has 3 aromatic rings. The predicted molar refractivity (Wildman–Crippen MR) is 109 cm³/mol. The molecule has 5 nitrogen and oxygen atoms in total. The van der Waals surface area contributed by atoms with Gasteiger partial charge in [0.25, 0.3) is 0 Å². The molecule has 138 valence electrons. The van der Waals surface area contributed by atoms with E-state index in [1.165, 1.54) is 0 Å². The van der Waals surface area contributed by atoms with Crippen molar-refractivity contribution in [3.63, 3.8) is 0 Å². The van der Waals surface area contributed by atoms with E-state index in [-0.39, 0.29) is 0 Å². The maximum Gasteiger partial charge on any atom is 0.196 e. The Morgan fingerprint density at radius 2 is 1.93 bits per heavy atom. The number of halogens is 1. The first-order valence-electron chi connectivity index (χ1n) is 8.68. The van der Waals surface area contributed by atoms with E-state index >= 15 is 0 Å². The van der Waals surface area contributed by atoms with Gasteiger partial charge in [-0.1, -0.05) is 35.5 Å². The third kappa shape index (κ3) is 4.62. The summed E-state index contributed by atoms with van der Waals surface area (Å²) in [4.78, 5) is 0. The molecule has 27 heavy (non-hydrogen) atoms. The molecular formula is C20H19ClN4OS. The van der Waals surface area contributed by atoms with Crippen LogP contribution in [0.2, 0.25) is 5.02 Å². The SMILES string of the molecule is CCOc1ccc(-n2c(SCCCC#N)nnc2-c2ccccc2Cl)cc1. The van der Waals surface area contributed by atoms with Gasteiger partial charge in [-0.2, -0.15) is 5.26 Å². The highest BCUT2D eigenvalue weighted by Crippen LogP contribution is 2.32. The fourth-order valence-electron chi connectivity index (χ4n) is 2.59. The number of nitrogens with zero attached hydrogens (tertiary/aromatic N) is 4. The lowest BCUT2D eigenvalue weighted by Gasteiger charge is -2.12. The summed E-state index contributed by atoms with van der Waals surface area (Å²) in [7, 11) is 0. The molecule has 0 saturated carbocycles. The Bertz CT molecular complexity index is 934. The summed E-state index contributed by atoms with van der Waals surface area (Å²) in [6.07, 6.45) is 1.33. The summed E-state index contributed by atoms with van der Waals surface area (Å²) in [6.45, 7) is 2.58. The van der Waals surface area contributed by atoms with E-state index in [1.54, 1.807) is 11.8 Å². The Kier molecular flexibility index (Phi) is 6.74. The minimum atomic E-state index is 0.529. The molecule has 0 unspecified atom stereocenters. The summed E-state index contributed by atoms with van der Waals surface area (Å²) in [5, 5.41) is 18.9. The van der Waals surface area contributed by atoms with E-state index in [0.29, 0.717) is 23.9 Å². The number of aromatic nitrogens is 3. The molecule has 0 aliphatic heterocycles. The van der Waals surface area contributed by atoms with Crippen LogP contribution in [0.4, 0.5) is 0 Å². The fraction of sp³-hybridized carbons (Fsp3) is 0.250. The van der Waals surface area contributed by atoms with Crippen molar-refractivity contribution in [2.75, 3.05) is 12.4 Å². The molecule has 1 heterocycles. The summed E-state index contributed by atoms with van der Waals surface area (Å²) in [6, 6.07) is 17.6. The molecular weight excluding hydrogens is 380 g/mol. The Balaban J connectivity index is 2.00. The van der Waals surface area contributed by atoms with Crippen LogP contribution in [0.25, 0.3) is 17.1 Å². The Hall–Kier alpha value is -2.49. The number of hydrogen-bond acceptors (Lipinski definition) is 5. The van der Waals surface area contributed by atoms with Crippen LogP contribution < -0.4 is 4.74 Å². The van der Waals surface area contributed by atoms with Crippen molar-refractivity contribution in [1.82, 2.24) is 14.8 Å². The standard InChI is InChI=1S/C20H19ClN4OS/c1-2-26-16-11-9-15(10-12-16)25-19(17-7-3-4-8-18(17)21)23-24-20(25)27-14-6-5-13-22/h3-4,7-12H,2,5-6,14H2,1H3. The van der Waals surface area contributed by atoms with Crippen LogP contribution in [0.1, 0.15) is 19.8 Å². The van der Waals surface area contributed by atoms with E-state index in [4.69, 9.17) is 21.6 Å². The molecule has 7 heteroatoms. The lowest BCUT2D eigenvalue weighted by atomic mass is 10.2. The third-order valence-electron chi connectivity index (χ3n) is 3.82. The second kappa shape index (κ2) is 9.45. The van der Waals surface area contributed by atoms with E-state index < -0.39 is 0 Å². The van der Waals surface area contributed by atoms with Crippen molar-refractivity contribution in [3.05, 3.63) is 53.6 Å². The van der Waals surface area contributed by atoms with Crippen LogP contribution >= 0.6 is 23.4 Å². The van der Waals surface area contributed by atoms with Crippen LogP contribution in [-0.4, -0.2) is 27.1 Å². The molecule has 0 saturated heterocycles. The average molecular weight is 399 g/mol. The van der Waals surface area contributed by atoms with Gasteiger partial charge in [-0.15, -0.1) is 10.2 Å². The first-order chi connectivity index (χ1) is 13.2. The van der Waals surface area contributed by atoms with Gasteiger partial charge in [-0.25, -0.2) is 0 Å². The molecule has 0 amide bonds. The number of ether oxygens (including phenoxy) is 1. The highest BCUT2D eigenvalue weighted by Gasteiger charge is 2.18. The molecule has 0 atom stereocenters. The molecule has 2 aromatic carbocycles. The smallest absolute Gasteiger partial charge is 0.196 e. The van der Waals surface area contributed by atoms with Gasteiger partial charge in [0, 0.05) is 23.4 Å². The molecule has 0 fully saturated rings. The van der Waals surface area contributed by atoms with Crippen LogP contribution in [0.5, 0.6) is 5.75 Å². The van der Waals surface area contributed by atoms with E-state index in [1.807, 2.05) is 60.0 Å². The first-order valence-corrected chi connectivity index (χ1v) is 10.0. The molecule has 3 rings (SSSR count). The minimum Gasteiger partial charge on any atom is -0.494 e. The van der Waals surface area contributed by atoms with Crippen molar-refractivity contribution in [3.8, 4) is 28.9 Å². The predicted octanol–water partition coefficient (Wildman–Crippen LogP) is 5.38. The number of benzene rings is 2. The number of unbranched alkanes of at least 4 members (excludes halogenated alkanes) is 1. The highest BCUT2D eigenvalue weighted by molar-refractivity contribution is 7.99. The zero-order valence-electron chi connectivity index (χ0n) is 14.9. The zero-order chi connectivity index (χ0) is 19.1. The van der Waals surface area contributed by atoms with Gasteiger partial charge >= 0.3 is 0 Å². The number of rotatable bonds is 8. The van der Waals surface area contributed by atoms with Crippen molar-refractivity contribution in [1.29, 1.82) is 5.26 Å². The van der Waals surface area contributed by atoms with Crippen molar-refractivity contribution >= 4 is 23.4 Å². The van der Waals surface area contributed by atoms with Crippen molar-refractivity contribution in [2.45, 2.75) is 24.9 Å². The topological polar surface area (TPSA) is 63.7 Å². The number of hydrogen-bond donors (Lipinski definition) is 0. The number of nitriles is 1. The summed E-state index contributed by atoms with van der Waals surface area (Å²) in [5.41, 5.74) is 1.76.